The number of hydrazone groups is 1. The second kappa shape index (κ2) is 6.16. The summed E-state index contributed by atoms with van der Waals surface area (Å²) in [4.78, 5) is 4.61. The van der Waals surface area contributed by atoms with Crippen molar-refractivity contribution in [3.8, 4) is 0 Å². The first-order valence-electron chi connectivity index (χ1n) is 7.47. The van der Waals surface area contributed by atoms with E-state index < -0.39 is 0 Å². The SMILES string of the molecule is Cc1cc(C)c2nc(NN=Cc3ccccc3F)cc(C)c2c1. The van der Waals surface area contributed by atoms with Crippen LogP contribution in [0.2, 0.25) is 0 Å². The largest absolute Gasteiger partial charge is 0.261 e. The summed E-state index contributed by atoms with van der Waals surface area (Å²) in [6, 6.07) is 12.7. The Hall–Kier alpha value is -2.75. The lowest BCUT2D eigenvalue weighted by molar-refractivity contribution is 0.626. The maximum Gasteiger partial charge on any atom is 0.147 e. The van der Waals surface area contributed by atoms with Gasteiger partial charge in [-0.15, -0.1) is 0 Å². The Kier molecular flexibility index (Phi) is 4.06. The van der Waals surface area contributed by atoms with Crippen molar-refractivity contribution in [1.82, 2.24) is 4.98 Å². The minimum atomic E-state index is -0.299. The fourth-order valence-corrected chi connectivity index (χ4v) is 2.65. The van der Waals surface area contributed by atoms with Crippen molar-refractivity contribution in [1.29, 1.82) is 0 Å². The molecule has 0 aliphatic rings. The molecule has 0 saturated heterocycles. The second-order valence-electron chi connectivity index (χ2n) is 5.69. The standard InChI is InChI=1S/C19H18FN3/c1-12-8-14(3)19-16(9-12)13(2)10-18(22-19)23-21-11-15-6-4-5-7-17(15)20/h4-11H,1-3H3,(H,22,23). The first kappa shape index (κ1) is 15.2. The van der Waals surface area contributed by atoms with Crippen molar-refractivity contribution in [3.63, 3.8) is 0 Å². The number of aryl methyl sites for hydroxylation is 3. The number of aromatic nitrogens is 1. The van der Waals surface area contributed by atoms with Crippen molar-refractivity contribution in [2.75, 3.05) is 5.43 Å². The van der Waals surface area contributed by atoms with E-state index >= 15 is 0 Å². The number of benzene rings is 2. The van der Waals surface area contributed by atoms with Gasteiger partial charge in [0.05, 0.1) is 11.7 Å². The topological polar surface area (TPSA) is 37.3 Å². The highest BCUT2D eigenvalue weighted by atomic mass is 19.1. The zero-order chi connectivity index (χ0) is 16.4. The first-order chi connectivity index (χ1) is 11.0. The quantitative estimate of drug-likeness (QED) is 0.560. The molecule has 0 bridgehead atoms. The van der Waals surface area contributed by atoms with Gasteiger partial charge in [0.2, 0.25) is 0 Å². The Balaban J connectivity index is 1.91. The van der Waals surface area contributed by atoms with Crippen LogP contribution in [0.15, 0.2) is 47.6 Å². The Morgan fingerprint density at radius 2 is 1.83 bits per heavy atom. The zero-order valence-electron chi connectivity index (χ0n) is 13.4. The Labute approximate surface area is 134 Å². The maximum atomic E-state index is 13.5. The van der Waals surface area contributed by atoms with Crippen LogP contribution < -0.4 is 5.43 Å². The summed E-state index contributed by atoms with van der Waals surface area (Å²) in [6.07, 6.45) is 1.46. The molecule has 4 heteroatoms. The number of nitrogens with zero attached hydrogens (tertiary/aromatic N) is 2. The van der Waals surface area contributed by atoms with Crippen LogP contribution in [0.5, 0.6) is 0 Å². The molecule has 0 unspecified atom stereocenters. The number of hydrogen-bond acceptors (Lipinski definition) is 3. The van der Waals surface area contributed by atoms with Gasteiger partial charge in [0.25, 0.3) is 0 Å². The highest BCUT2D eigenvalue weighted by Crippen LogP contribution is 2.24. The molecule has 3 nitrogen and oxygen atoms in total. The monoisotopic (exact) mass is 307 g/mol. The van der Waals surface area contributed by atoms with E-state index in [0.29, 0.717) is 11.4 Å². The van der Waals surface area contributed by atoms with Crippen LogP contribution in [0.1, 0.15) is 22.3 Å². The van der Waals surface area contributed by atoms with E-state index in [0.717, 1.165) is 22.0 Å². The molecule has 3 rings (SSSR count). The zero-order valence-corrected chi connectivity index (χ0v) is 13.4. The molecule has 0 amide bonds. The van der Waals surface area contributed by atoms with Crippen LogP contribution in [-0.4, -0.2) is 11.2 Å². The fourth-order valence-electron chi connectivity index (χ4n) is 2.65. The van der Waals surface area contributed by atoms with Gasteiger partial charge >= 0.3 is 0 Å². The van der Waals surface area contributed by atoms with Crippen molar-refractivity contribution in [3.05, 3.63) is 70.5 Å². The van der Waals surface area contributed by atoms with E-state index in [1.54, 1.807) is 18.2 Å². The van der Waals surface area contributed by atoms with E-state index in [1.807, 2.05) is 13.0 Å². The van der Waals surface area contributed by atoms with Crippen LogP contribution in [0.25, 0.3) is 10.9 Å². The van der Waals surface area contributed by atoms with Gasteiger partial charge < -0.3 is 0 Å². The Morgan fingerprint density at radius 3 is 2.61 bits per heavy atom. The van der Waals surface area contributed by atoms with E-state index in [4.69, 9.17) is 0 Å². The van der Waals surface area contributed by atoms with Crippen molar-refractivity contribution < 1.29 is 4.39 Å². The summed E-state index contributed by atoms with van der Waals surface area (Å²) in [5.74, 6) is 0.349. The van der Waals surface area contributed by atoms with Gasteiger partial charge in [0, 0.05) is 10.9 Å². The van der Waals surface area contributed by atoms with E-state index in [9.17, 15) is 4.39 Å². The van der Waals surface area contributed by atoms with Crippen LogP contribution >= 0.6 is 0 Å². The minimum absolute atomic E-state index is 0.299. The summed E-state index contributed by atoms with van der Waals surface area (Å²) in [5.41, 5.74) is 7.76. The smallest absolute Gasteiger partial charge is 0.147 e. The lowest BCUT2D eigenvalue weighted by Crippen LogP contribution is -1.97. The number of anilines is 1. The number of rotatable bonds is 3. The van der Waals surface area contributed by atoms with Crippen molar-refractivity contribution in [2.45, 2.75) is 20.8 Å². The molecule has 0 atom stereocenters. The predicted octanol–water partition coefficient (Wildman–Crippen LogP) is 4.75. The molecule has 0 saturated carbocycles. The second-order valence-corrected chi connectivity index (χ2v) is 5.69. The minimum Gasteiger partial charge on any atom is -0.261 e. The molecule has 0 radical (unpaired) electrons. The predicted molar refractivity (Wildman–Crippen MR) is 93.6 cm³/mol. The lowest BCUT2D eigenvalue weighted by atomic mass is 10.0. The molecule has 23 heavy (non-hydrogen) atoms. The van der Waals surface area contributed by atoms with Crippen molar-refractivity contribution in [2.24, 2.45) is 5.10 Å². The number of fused-ring (bicyclic) bond motifs is 1. The van der Waals surface area contributed by atoms with Gasteiger partial charge in [-0.1, -0.05) is 29.8 Å². The van der Waals surface area contributed by atoms with Gasteiger partial charge in [-0.2, -0.15) is 5.10 Å². The van der Waals surface area contributed by atoms with E-state index in [2.05, 4.69) is 41.5 Å². The summed E-state index contributed by atoms with van der Waals surface area (Å²) in [7, 11) is 0. The molecule has 116 valence electrons. The molecule has 1 N–H and O–H groups in total. The first-order valence-corrected chi connectivity index (χ1v) is 7.47. The number of pyridine rings is 1. The Bertz CT molecular complexity index is 901. The molecule has 1 aromatic heterocycles. The summed E-state index contributed by atoms with van der Waals surface area (Å²) in [6.45, 7) is 6.18. The van der Waals surface area contributed by atoms with Gasteiger partial charge in [0.1, 0.15) is 11.6 Å². The average Bonchev–Trinajstić information content (AvgIpc) is 2.50. The molecule has 2 aromatic carbocycles. The summed E-state index contributed by atoms with van der Waals surface area (Å²) < 4.78 is 13.5. The van der Waals surface area contributed by atoms with E-state index in [-0.39, 0.29) is 5.82 Å². The number of hydrogen-bond donors (Lipinski definition) is 1. The molecule has 0 fully saturated rings. The third-order valence-corrected chi connectivity index (χ3v) is 3.74. The summed E-state index contributed by atoms with van der Waals surface area (Å²) >= 11 is 0. The highest BCUT2D eigenvalue weighted by molar-refractivity contribution is 5.87. The highest BCUT2D eigenvalue weighted by Gasteiger charge is 2.06. The molecule has 0 aliphatic heterocycles. The lowest BCUT2D eigenvalue weighted by Gasteiger charge is -2.09. The molecule has 0 aliphatic carbocycles. The maximum absolute atomic E-state index is 13.5. The van der Waals surface area contributed by atoms with Gasteiger partial charge in [-0.05, 0) is 50.1 Å². The molecule has 1 heterocycles. The fraction of sp³-hybridized carbons (Fsp3) is 0.158. The Morgan fingerprint density at radius 1 is 1.04 bits per heavy atom. The molecule has 3 aromatic rings. The molecular formula is C19H18FN3. The number of halogens is 1. The van der Waals surface area contributed by atoms with Crippen molar-refractivity contribution >= 4 is 22.9 Å². The van der Waals surface area contributed by atoms with Crippen LogP contribution in [-0.2, 0) is 0 Å². The third kappa shape index (κ3) is 3.21. The third-order valence-electron chi connectivity index (χ3n) is 3.74. The van der Waals surface area contributed by atoms with E-state index in [1.165, 1.54) is 17.8 Å². The van der Waals surface area contributed by atoms with Crippen LogP contribution in [0, 0.1) is 26.6 Å². The molecular weight excluding hydrogens is 289 g/mol. The van der Waals surface area contributed by atoms with Gasteiger partial charge in [0.15, 0.2) is 0 Å². The average molecular weight is 307 g/mol. The van der Waals surface area contributed by atoms with Crippen LogP contribution in [0.4, 0.5) is 10.2 Å². The normalized spacial score (nSPS) is 11.3. The summed E-state index contributed by atoms with van der Waals surface area (Å²) in [5, 5.41) is 5.23. The van der Waals surface area contributed by atoms with Gasteiger partial charge in [-0.3, -0.25) is 5.43 Å². The van der Waals surface area contributed by atoms with Gasteiger partial charge in [-0.25, -0.2) is 9.37 Å². The number of nitrogens with one attached hydrogen (secondary N) is 1. The molecule has 0 spiro atoms. The van der Waals surface area contributed by atoms with Crippen LogP contribution in [0.3, 0.4) is 0 Å².